The maximum atomic E-state index is 14.2. The molecule has 1 aliphatic carbocycles. The number of carboxylic acid groups (broad SMARTS) is 1. The van der Waals surface area contributed by atoms with E-state index in [4.69, 9.17) is 14.2 Å². The number of hydrogen-bond donors (Lipinski definition) is 2. The van der Waals surface area contributed by atoms with Crippen molar-refractivity contribution in [1.29, 1.82) is 0 Å². The lowest BCUT2D eigenvalue weighted by Gasteiger charge is -2.27. The maximum Gasteiger partial charge on any atom is 0.309 e. The molecule has 0 bridgehead atoms. The third-order valence-electron chi connectivity index (χ3n) is 8.80. The molecule has 1 amide bonds. The van der Waals surface area contributed by atoms with Crippen LogP contribution in [-0.2, 0) is 22.4 Å². The van der Waals surface area contributed by atoms with Gasteiger partial charge in [-0.15, -0.1) is 0 Å². The van der Waals surface area contributed by atoms with Crippen molar-refractivity contribution in [1.82, 2.24) is 4.90 Å². The number of benzene rings is 3. The number of hydrogen-bond acceptors (Lipinski definition) is 6. The largest absolute Gasteiger partial charge is 0.490 e. The molecule has 2 N–H and O–H groups in total. The van der Waals surface area contributed by atoms with E-state index >= 15 is 0 Å². The Morgan fingerprint density at radius 2 is 1.74 bits per heavy atom. The van der Waals surface area contributed by atoms with E-state index < -0.39 is 23.8 Å². The van der Waals surface area contributed by atoms with E-state index in [0.717, 1.165) is 46.4 Å². The number of carboxylic acids is 1. The van der Waals surface area contributed by atoms with Crippen LogP contribution in [0, 0.1) is 18.7 Å². The van der Waals surface area contributed by atoms with Gasteiger partial charge >= 0.3 is 5.97 Å². The number of anilines is 1. The number of likely N-dealkylation sites (tertiary alicyclic amines) is 1. The van der Waals surface area contributed by atoms with Gasteiger partial charge in [0.25, 0.3) is 0 Å². The number of amides is 1. The number of aryl methyl sites for hydroxylation is 2. The zero-order valence-corrected chi connectivity index (χ0v) is 24.7. The number of rotatable bonds is 10. The highest BCUT2D eigenvalue weighted by molar-refractivity contribution is 5.94. The number of fused-ring (bicyclic) bond motifs is 1. The van der Waals surface area contributed by atoms with Crippen LogP contribution < -0.4 is 19.5 Å². The summed E-state index contributed by atoms with van der Waals surface area (Å²) in [5.41, 5.74) is 4.59. The third-order valence-corrected chi connectivity index (χ3v) is 8.80. The van der Waals surface area contributed by atoms with E-state index in [1.807, 2.05) is 62.1 Å². The Kier molecular flexibility index (Phi) is 8.01. The van der Waals surface area contributed by atoms with E-state index in [0.29, 0.717) is 36.6 Å². The highest BCUT2D eigenvalue weighted by Gasteiger charge is 2.48. The van der Waals surface area contributed by atoms with Gasteiger partial charge in [-0.25, -0.2) is 4.39 Å². The fourth-order valence-electron chi connectivity index (χ4n) is 6.56. The lowest BCUT2D eigenvalue weighted by atomic mass is 9.81. The van der Waals surface area contributed by atoms with Crippen LogP contribution in [0.5, 0.6) is 17.2 Å². The smallest absolute Gasteiger partial charge is 0.309 e. The fraction of sp³-hybridized carbons (Fsp3) is 0.412. The molecule has 226 valence electrons. The second-order valence-electron chi connectivity index (χ2n) is 11.6. The molecule has 0 spiro atoms. The zero-order chi connectivity index (χ0) is 30.2. The highest BCUT2D eigenvalue weighted by atomic mass is 19.1. The number of ether oxygens (including phenoxy) is 3. The Bertz CT molecular complexity index is 1510. The first kappa shape index (κ1) is 29.0. The summed E-state index contributed by atoms with van der Waals surface area (Å²) in [6.45, 7) is 6.21. The maximum absolute atomic E-state index is 14.2. The number of carbonyl (C=O) groups is 2. The quantitative estimate of drug-likeness (QED) is 0.300. The molecule has 2 heterocycles. The van der Waals surface area contributed by atoms with Crippen molar-refractivity contribution < 1.29 is 33.3 Å². The van der Waals surface area contributed by atoms with Gasteiger partial charge < -0.3 is 24.6 Å². The number of nitrogens with one attached hydrogen (secondary N) is 1. The number of carbonyl (C=O) groups excluding carboxylic acids is 1. The van der Waals surface area contributed by atoms with Crippen molar-refractivity contribution in [2.45, 2.75) is 64.5 Å². The SMILES string of the molecule is CCc1cc(F)cc(CC)c1NC(=O)CN1C[C@H](c2ccc3c(c2C)OCO3)C(C(=O)O)[C@@H]1c1ccc(OC2CC2)cc1. The first-order valence-corrected chi connectivity index (χ1v) is 15.0. The molecule has 2 aliphatic heterocycles. The second-order valence-corrected chi connectivity index (χ2v) is 11.6. The van der Waals surface area contributed by atoms with Crippen LogP contribution in [0.3, 0.4) is 0 Å². The summed E-state index contributed by atoms with van der Waals surface area (Å²) in [6, 6.07) is 13.6. The molecule has 3 aromatic carbocycles. The lowest BCUT2D eigenvalue weighted by Crippen LogP contribution is -2.35. The van der Waals surface area contributed by atoms with Crippen molar-refractivity contribution in [2.24, 2.45) is 5.92 Å². The minimum Gasteiger partial charge on any atom is -0.490 e. The van der Waals surface area contributed by atoms with Crippen molar-refractivity contribution in [2.75, 3.05) is 25.2 Å². The summed E-state index contributed by atoms with van der Waals surface area (Å²) in [6.07, 6.45) is 3.45. The van der Waals surface area contributed by atoms with Crippen LogP contribution in [0.25, 0.3) is 0 Å². The lowest BCUT2D eigenvalue weighted by molar-refractivity contribution is -0.143. The van der Waals surface area contributed by atoms with Gasteiger partial charge in [0.15, 0.2) is 11.5 Å². The molecule has 3 atom stereocenters. The molecule has 1 unspecified atom stereocenters. The number of halogens is 1. The zero-order valence-electron chi connectivity index (χ0n) is 24.7. The molecule has 2 fully saturated rings. The summed E-state index contributed by atoms with van der Waals surface area (Å²) < 4.78 is 31.4. The van der Waals surface area contributed by atoms with Crippen LogP contribution >= 0.6 is 0 Å². The van der Waals surface area contributed by atoms with Gasteiger partial charge in [-0.1, -0.05) is 32.0 Å². The summed E-state index contributed by atoms with van der Waals surface area (Å²) >= 11 is 0. The first-order chi connectivity index (χ1) is 20.8. The molecule has 8 nitrogen and oxygen atoms in total. The molecule has 1 saturated heterocycles. The van der Waals surface area contributed by atoms with Crippen molar-refractivity contribution in [3.63, 3.8) is 0 Å². The molecular weight excluding hydrogens is 551 g/mol. The van der Waals surface area contributed by atoms with Crippen LogP contribution in [0.15, 0.2) is 48.5 Å². The molecule has 43 heavy (non-hydrogen) atoms. The predicted octanol–water partition coefficient (Wildman–Crippen LogP) is 6.01. The van der Waals surface area contributed by atoms with Crippen molar-refractivity contribution in [3.05, 3.63) is 82.2 Å². The van der Waals surface area contributed by atoms with E-state index in [9.17, 15) is 19.1 Å². The van der Waals surface area contributed by atoms with Crippen molar-refractivity contribution >= 4 is 17.6 Å². The van der Waals surface area contributed by atoms with Gasteiger partial charge in [-0.3, -0.25) is 14.5 Å². The highest BCUT2D eigenvalue weighted by Crippen LogP contribution is 2.49. The van der Waals surface area contributed by atoms with Crippen LogP contribution in [0.4, 0.5) is 10.1 Å². The topological polar surface area (TPSA) is 97.3 Å². The summed E-state index contributed by atoms with van der Waals surface area (Å²) in [7, 11) is 0. The summed E-state index contributed by atoms with van der Waals surface area (Å²) in [4.78, 5) is 28.6. The van der Waals surface area contributed by atoms with Crippen LogP contribution in [0.1, 0.15) is 66.5 Å². The van der Waals surface area contributed by atoms with E-state index in [1.54, 1.807) is 0 Å². The van der Waals surface area contributed by atoms with E-state index in [2.05, 4.69) is 5.32 Å². The van der Waals surface area contributed by atoms with E-state index in [-0.39, 0.29) is 31.2 Å². The minimum absolute atomic E-state index is 0.0292. The van der Waals surface area contributed by atoms with Crippen LogP contribution in [0.2, 0.25) is 0 Å². The number of nitrogens with zero attached hydrogens (tertiary/aromatic N) is 1. The van der Waals surface area contributed by atoms with Gasteiger partial charge in [-0.05, 0) is 90.8 Å². The molecule has 9 heteroatoms. The number of aliphatic carboxylic acids is 1. The third kappa shape index (κ3) is 5.78. The molecule has 1 saturated carbocycles. The Labute approximate surface area is 250 Å². The molecule has 3 aliphatic rings. The molecular formula is C34H37FN2O6. The van der Waals surface area contributed by atoms with E-state index in [1.165, 1.54) is 12.1 Å². The molecule has 3 aromatic rings. The van der Waals surface area contributed by atoms with Crippen LogP contribution in [-0.4, -0.2) is 47.9 Å². The predicted molar refractivity (Wildman–Crippen MR) is 159 cm³/mol. The Morgan fingerprint density at radius 3 is 2.37 bits per heavy atom. The molecule has 0 aromatic heterocycles. The Morgan fingerprint density at radius 1 is 1.05 bits per heavy atom. The Hall–Kier alpha value is -4.11. The first-order valence-electron chi connectivity index (χ1n) is 15.0. The van der Waals surface area contributed by atoms with Crippen molar-refractivity contribution in [3.8, 4) is 17.2 Å². The monoisotopic (exact) mass is 588 g/mol. The molecule has 6 rings (SSSR count). The second kappa shape index (κ2) is 11.9. The average Bonchev–Trinajstić information content (AvgIpc) is 3.52. The average molecular weight is 589 g/mol. The van der Waals surface area contributed by atoms with Gasteiger partial charge in [0.05, 0.1) is 18.6 Å². The Balaban J connectivity index is 1.34. The summed E-state index contributed by atoms with van der Waals surface area (Å²) in [5.74, 6) is -0.754. The van der Waals surface area contributed by atoms with Gasteiger partial charge in [-0.2, -0.15) is 0 Å². The fourth-order valence-corrected chi connectivity index (χ4v) is 6.56. The van der Waals surface area contributed by atoms with Gasteiger partial charge in [0.2, 0.25) is 12.7 Å². The van der Waals surface area contributed by atoms with Gasteiger partial charge in [0.1, 0.15) is 11.6 Å². The molecule has 0 radical (unpaired) electrons. The minimum atomic E-state index is -0.937. The normalized spacial score (nSPS) is 21.2. The summed E-state index contributed by atoms with van der Waals surface area (Å²) in [5, 5.41) is 13.7. The standard InChI is InChI=1S/C34H37FN2O6/c1-4-20-14-23(35)15-21(5-2)31(20)36-29(38)17-37-16-27(26-12-13-28-33(19(26)3)42-18-41-28)30(34(39)40)32(37)22-6-8-24(9-7-22)43-25-10-11-25/h6-9,12-15,25,27,30,32H,4-5,10-11,16-18H2,1-3H3,(H,36,38)(H,39,40)/t27-,30?,32+/m1/s1. The van der Waals surface area contributed by atoms with Gasteiger partial charge in [0, 0.05) is 24.2 Å².